The second-order valence-corrected chi connectivity index (χ2v) is 4.90. The molecule has 0 spiro atoms. The van der Waals surface area contributed by atoms with Crippen LogP contribution in [-0.4, -0.2) is 61.4 Å². The average molecular weight is 265 g/mol. The molecule has 0 aromatic carbocycles. The van der Waals surface area contributed by atoms with Gasteiger partial charge in [0.15, 0.2) is 0 Å². The lowest BCUT2D eigenvalue weighted by Gasteiger charge is -2.36. The zero-order valence-electron chi connectivity index (χ0n) is 11.5. The van der Waals surface area contributed by atoms with Gasteiger partial charge in [-0.3, -0.25) is 9.59 Å². The first-order valence-corrected chi connectivity index (χ1v) is 6.28. The molecule has 1 aliphatic rings. The van der Waals surface area contributed by atoms with Crippen LogP contribution in [-0.2, 0) is 4.79 Å². The van der Waals surface area contributed by atoms with E-state index in [1.165, 1.54) is 11.2 Å². The van der Waals surface area contributed by atoms with Crippen LogP contribution < -0.4 is 5.32 Å². The molecule has 1 aromatic rings. The highest BCUT2D eigenvalue weighted by Gasteiger charge is 2.33. The first-order chi connectivity index (χ1) is 9.00. The van der Waals surface area contributed by atoms with E-state index in [-0.39, 0.29) is 11.8 Å². The highest BCUT2D eigenvalue weighted by atomic mass is 16.3. The number of nitrogens with one attached hydrogen (secondary N) is 1. The highest BCUT2D eigenvalue weighted by Crippen LogP contribution is 2.14. The Morgan fingerprint density at radius 3 is 2.79 bits per heavy atom. The molecule has 104 valence electrons. The number of hydrogen-bond donors (Lipinski definition) is 1. The van der Waals surface area contributed by atoms with Gasteiger partial charge in [-0.2, -0.15) is 0 Å². The Morgan fingerprint density at radius 1 is 1.47 bits per heavy atom. The molecule has 2 heterocycles. The predicted octanol–water partition coefficient (Wildman–Crippen LogP) is 0.0902. The maximum Gasteiger partial charge on any atom is 0.257 e. The zero-order chi connectivity index (χ0) is 14.0. The third-order valence-electron chi connectivity index (χ3n) is 3.21. The van der Waals surface area contributed by atoms with Crippen molar-refractivity contribution >= 4 is 11.8 Å². The number of aryl methyl sites for hydroxylation is 1. The molecule has 0 aliphatic carbocycles. The fourth-order valence-corrected chi connectivity index (χ4v) is 2.19. The zero-order valence-corrected chi connectivity index (χ0v) is 11.5. The van der Waals surface area contributed by atoms with E-state index in [4.69, 9.17) is 4.42 Å². The van der Waals surface area contributed by atoms with E-state index in [0.717, 1.165) is 0 Å². The smallest absolute Gasteiger partial charge is 0.257 e. The fourth-order valence-electron chi connectivity index (χ4n) is 2.19. The predicted molar refractivity (Wildman–Crippen MR) is 69.8 cm³/mol. The average Bonchev–Trinajstić information content (AvgIpc) is 2.83. The van der Waals surface area contributed by atoms with Crippen molar-refractivity contribution in [3.05, 3.63) is 23.7 Å². The lowest BCUT2D eigenvalue weighted by molar-refractivity contribution is -0.134. The summed E-state index contributed by atoms with van der Waals surface area (Å²) in [6, 6.07) is 1.24. The Balaban J connectivity index is 2.20. The van der Waals surface area contributed by atoms with Gasteiger partial charge in [0.1, 0.15) is 18.1 Å². The van der Waals surface area contributed by atoms with Crippen LogP contribution in [0.25, 0.3) is 0 Å². The van der Waals surface area contributed by atoms with E-state index in [0.29, 0.717) is 31.0 Å². The van der Waals surface area contributed by atoms with Crippen molar-refractivity contribution in [2.75, 3.05) is 33.7 Å². The molecule has 1 N–H and O–H groups in total. The molecule has 1 atom stereocenters. The molecule has 2 rings (SSSR count). The topological polar surface area (TPSA) is 65.8 Å². The largest absolute Gasteiger partial charge is 0.469 e. The van der Waals surface area contributed by atoms with Crippen LogP contribution in [0.3, 0.4) is 0 Å². The van der Waals surface area contributed by atoms with E-state index in [2.05, 4.69) is 5.32 Å². The van der Waals surface area contributed by atoms with E-state index in [1.54, 1.807) is 32.0 Å². The van der Waals surface area contributed by atoms with Gasteiger partial charge < -0.3 is 19.5 Å². The van der Waals surface area contributed by atoms with Crippen LogP contribution in [0.15, 0.2) is 16.7 Å². The number of amides is 2. The van der Waals surface area contributed by atoms with Crippen LogP contribution in [0.4, 0.5) is 0 Å². The third kappa shape index (κ3) is 2.78. The second-order valence-electron chi connectivity index (χ2n) is 4.90. The van der Waals surface area contributed by atoms with Gasteiger partial charge in [0, 0.05) is 33.7 Å². The van der Waals surface area contributed by atoms with Gasteiger partial charge in [-0.1, -0.05) is 0 Å². The lowest BCUT2D eigenvalue weighted by atomic mass is 10.1. The van der Waals surface area contributed by atoms with Gasteiger partial charge in [-0.05, 0) is 13.0 Å². The number of piperazine rings is 1. The van der Waals surface area contributed by atoms with E-state index < -0.39 is 6.04 Å². The number of rotatable bonds is 2. The van der Waals surface area contributed by atoms with E-state index in [9.17, 15) is 9.59 Å². The highest BCUT2D eigenvalue weighted by molar-refractivity contribution is 5.97. The fraction of sp³-hybridized carbons (Fsp3) is 0.538. The molecule has 1 fully saturated rings. The summed E-state index contributed by atoms with van der Waals surface area (Å²) in [6.07, 6.45) is 1.44. The van der Waals surface area contributed by atoms with Crippen molar-refractivity contribution in [3.8, 4) is 0 Å². The first kappa shape index (κ1) is 13.6. The number of carbonyl (C=O) groups excluding carboxylic acids is 2. The van der Waals surface area contributed by atoms with Crippen molar-refractivity contribution in [3.63, 3.8) is 0 Å². The first-order valence-electron chi connectivity index (χ1n) is 6.28. The van der Waals surface area contributed by atoms with Crippen molar-refractivity contribution in [1.82, 2.24) is 15.1 Å². The van der Waals surface area contributed by atoms with Gasteiger partial charge in [-0.15, -0.1) is 0 Å². The Morgan fingerprint density at radius 2 is 2.21 bits per heavy atom. The minimum absolute atomic E-state index is 0.0687. The van der Waals surface area contributed by atoms with Crippen molar-refractivity contribution in [1.29, 1.82) is 0 Å². The van der Waals surface area contributed by atoms with Crippen LogP contribution in [0.1, 0.15) is 16.1 Å². The number of likely N-dealkylation sites (N-methyl/N-ethyl adjacent to an activating group) is 1. The molecular weight excluding hydrogens is 246 g/mol. The van der Waals surface area contributed by atoms with Crippen molar-refractivity contribution in [2.24, 2.45) is 0 Å². The molecule has 19 heavy (non-hydrogen) atoms. The number of carbonyl (C=O) groups is 2. The van der Waals surface area contributed by atoms with Crippen LogP contribution in [0.2, 0.25) is 0 Å². The molecule has 0 bridgehead atoms. The molecule has 2 amide bonds. The summed E-state index contributed by atoms with van der Waals surface area (Å²) in [5, 5.41) is 3.15. The van der Waals surface area contributed by atoms with Gasteiger partial charge >= 0.3 is 0 Å². The standard InChI is InChI=1S/C13H19N3O3/c1-9-6-10(8-19-9)12(17)16-5-4-14-7-11(16)13(18)15(2)3/h6,8,11,14H,4-5,7H2,1-3H3. The summed E-state index contributed by atoms with van der Waals surface area (Å²) >= 11 is 0. The van der Waals surface area contributed by atoms with Crippen LogP contribution in [0, 0.1) is 6.92 Å². The number of hydrogen-bond acceptors (Lipinski definition) is 4. The summed E-state index contributed by atoms with van der Waals surface area (Å²) in [7, 11) is 3.39. The SMILES string of the molecule is Cc1cc(C(=O)N2CCNCC2C(=O)N(C)C)co1. The minimum Gasteiger partial charge on any atom is -0.469 e. The molecule has 0 saturated carbocycles. The van der Waals surface area contributed by atoms with Crippen LogP contribution in [0.5, 0.6) is 0 Å². The number of nitrogens with zero attached hydrogens (tertiary/aromatic N) is 2. The second kappa shape index (κ2) is 5.44. The Bertz CT molecular complexity index is 481. The van der Waals surface area contributed by atoms with Gasteiger partial charge in [-0.25, -0.2) is 0 Å². The summed E-state index contributed by atoms with van der Waals surface area (Å²) in [6.45, 7) is 3.49. The Hall–Kier alpha value is -1.82. The Kier molecular flexibility index (Phi) is 3.90. The molecule has 6 heteroatoms. The third-order valence-corrected chi connectivity index (χ3v) is 3.21. The maximum atomic E-state index is 12.4. The minimum atomic E-state index is -0.452. The van der Waals surface area contributed by atoms with Gasteiger partial charge in [0.05, 0.1) is 5.56 Å². The van der Waals surface area contributed by atoms with Gasteiger partial charge in [0.2, 0.25) is 5.91 Å². The molecule has 1 saturated heterocycles. The van der Waals surface area contributed by atoms with Gasteiger partial charge in [0.25, 0.3) is 5.91 Å². The van der Waals surface area contributed by atoms with Crippen LogP contribution >= 0.6 is 0 Å². The lowest BCUT2D eigenvalue weighted by Crippen LogP contribution is -2.59. The summed E-state index contributed by atoms with van der Waals surface area (Å²) < 4.78 is 5.16. The molecule has 1 unspecified atom stereocenters. The number of furan rings is 1. The Labute approximate surface area is 112 Å². The quantitative estimate of drug-likeness (QED) is 0.823. The van der Waals surface area contributed by atoms with E-state index >= 15 is 0 Å². The molecule has 0 radical (unpaired) electrons. The maximum absolute atomic E-state index is 12.4. The normalized spacial score (nSPS) is 19.3. The summed E-state index contributed by atoms with van der Waals surface area (Å²) in [5.74, 6) is 0.466. The van der Waals surface area contributed by atoms with Crippen molar-refractivity contribution in [2.45, 2.75) is 13.0 Å². The molecular formula is C13H19N3O3. The molecule has 6 nitrogen and oxygen atoms in total. The van der Waals surface area contributed by atoms with E-state index in [1.807, 2.05) is 0 Å². The monoisotopic (exact) mass is 265 g/mol. The summed E-state index contributed by atoms with van der Waals surface area (Å²) in [5.41, 5.74) is 0.496. The van der Waals surface area contributed by atoms with Crippen molar-refractivity contribution < 1.29 is 14.0 Å². The summed E-state index contributed by atoms with van der Waals surface area (Å²) in [4.78, 5) is 27.7. The molecule has 1 aromatic heterocycles. The molecule has 1 aliphatic heterocycles.